The molecule has 0 saturated carbocycles. The van der Waals surface area contributed by atoms with Crippen molar-refractivity contribution >= 4 is 44.5 Å². The summed E-state index contributed by atoms with van der Waals surface area (Å²) in [7, 11) is 0. The van der Waals surface area contributed by atoms with Crippen molar-refractivity contribution in [3.63, 3.8) is 0 Å². The fourth-order valence-electron chi connectivity index (χ4n) is 2.64. The van der Waals surface area contributed by atoms with Crippen molar-refractivity contribution in [1.82, 2.24) is 4.68 Å². The second-order valence-electron chi connectivity index (χ2n) is 5.76. The minimum Gasteiger partial charge on any atom is -0.454 e. The third-order valence-corrected chi connectivity index (χ3v) is 5.51. The first kappa shape index (κ1) is 17.7. The molecule has 2 aromatic heterocycles. The lowest BCUT2D eigenvalue weighted by Gasteiger charge is -2.01. The molecule has 0 saturated heterocycles. The van der Waals surface area contributed by atoms with Gasteiger partial charge in [0.25, 0.3) is 0 Å². The molecule has 0 N–H and O–H groups in total. The van der Waals surface area contributed by atoms with Crippen LogP contribution in [0.2, 0.25) is 0 Å². The van der Waals surface area contributed by atoms with E-state index in [1.165, 1.54) is 11.3 Å². The zero-order valence-electron chi connectivity index (χ0n) is 14.4. The van der Waals surface area contributed by atoms with Gasteiger partial charge in [0.2, 0.25) is 4.80 Å². The van der Waals surface area contributed by atoms with Crippen LogP contribution < -0.4 is 4.80 Å². The standard InChI is InChI=1S/C21H16BrN3OS/c1-2-11-23-21-25(24-13-16-8-3-5-9-17(16)22)18(14-27-21)20-12-15-7-4-6-10-19(15)26-20/h2-10,12-14H,1,11H2. The van der Waals surface area contributed by atoms with E-state index in [9.17, 15) is 0 Å². The summed E-state index contributed by atoms with van der Waals surface area (Å²) in [5.74, 6) is 0.761. The smallest absolute Gasteiger partial charge is 0.206 e. The highest BCUT2D eigenvalue weighted by Crippen LogP contribution is 2.28. The van der Waals surface area contributed by atoms with Crippen molar-refractivity contribution in [2.75, 3.05) is 6.54 Å². The van der Waals surface area contributed by atoms with E-state index in [0.29, 0.717) is 6.54 Å². The van der Waals surface area contributed by atoms with Gasteiger partial charge in [-0.1, -0.05) is 58.4 Å². The summed E-state index contributed by atoms with van der Waals surface area (Å²) in [6, 6.07) is 17.9. The highest BCUT2D eigenvalue weighted by atomic mass is 79.9. The molecule has 6 heteroatoms. The van der Waals surface area contributed by atoms with Gasteiger partial charge in [0.1, 0.15) is 11.3 Å². The second kappa shape index (κ2) is 7.90. The fourth-order valence-corrected chi connectivity index (χ4v) is 3.85. The van der Waals surface area contributed by atoms with Crippen LogP contribution in [0.15, 0.2) is 91.6 Å². The van der Waals surface area contributed by atoms with Gasteiger partial charge in [0.15, 0.2) is 5.76 Å². The number of nitrogens with zero attached hydrogens (tertiary/aromatic N) is 3. The van der Waals surface area contributed by atoms with Crippen molar-refractivity contribution < 1.29 is 4.42 Å². The van der Waals surface area contributed by atoms with Crippen LogP contribution in [-0.4, -0.2) is 17.4 Å². The van der Waals surface area contributed by atoms with Crippen LogP contribution in [0.1, 0.15) is 5.56 Å². The Kier molecular flexibility index (Phi) is 5.18. The third kappa shape index (κ3) is 3.72. The van der Waals surface area contributed by atoms with Gasteiger partial charge in [-0.2, -0.15) is 5.10 Å². The average Bonchev–Trinajstić information content (AvgIpc) is 3.29. The minimum atomic E-state index is 0.532. The van der Waals surface area contributed by atoms with Crippen LogP contribution in [0.25, 0.3) is 22.4 Å². The Labute approximate surface area is 168 Å². The van der Waals surface area contributed by atoms with Crippen LogP contribution in [0.5, 0.6) is 0 Å². The monoisotopic (exact) mass is 437 g/mol. The molecule has 4 aromatic rings. The zero-order chi connectivity index (χ0) is 18.6. The molecule has 0 aliphatic rings. The third-order valence-electron chi connectivity index (χ3n) is 3.94. The van der Waals surface area contributed by atoms with Crippen molar-refractivity contribution in [2.45, 2.75) is 0 Å². The number of fused-ring (bicyclic) bond motifs is 1. The molecular weight excluding hydrogens is 422 g/mol. The molecule has 0 aliphatic carbocycles. The topological polar surface area (TPSA) is 42.8 Å². The van der Waals surface area contributed by atoms with Crippen LogP contribution in [0.3, 0.4) is 0 Å². The van der Waals surface area contributed by atoms with Crippen molar-refractivity contribution in [1.29, 1.82) is 0 Å². The Morgan fingerprint density at radius 1 is 1.15 bits per heavy atom. The maximum Gasteiger partial charge on any atom is 0.206 e. The molecule has 134 valence electrons. The lowest BCUT2D eigenvalue weighted by atomic mass is 10.2. The van der Waals surface area contributed by atoms with Crippen molar-refractivity contribution in [3.8, 4) is 11.5 Å². The van der Waals surface area contributed by atoms with Gasteiger partial charge < -0.3 is 4.42 Å². The van der Waals surface area contributed by atoms with Gasteiger partial charge >= 0.3 is 0 Å². The summed E-state index contributed by atoms with van der Waals surface area (Å²) >= 11 is 5.08. The Balaban J connectivity index is 1.84. The number of aromatic nitrogens is 1. The number of benzene rings is 2. The van der Waals surface area contributed by atoms with Gasteiger partial charge in [0.05, 0.1) is 12.8 Å². The van der Waals surface area contributed by atoms with Gasteiger partial charge in [-0.3, -0.25) is 4.99 Å². The molecule has 4 rings (SSSR count). The van der Waals surface area contributed by atoms with E-state index >= 15 is 0 Å². The highest BCUT2D eigenvalue weighted by Gasteiger charge is 2.12. The molecule has 0 bridgehead atoms. The number of para-hydroxylation sites is 1. The Bertz CT molecular complexity index is 1170. The van der Waals surface area contributed by atoms with Gasteiger partial charge in [0, 0.05) is 20.8 Å². The van der Waals surface area contributed by atoms with Crippen LogP contribution in [0, 0.1) is 0 Å². The molecule has 0 spiro atoms. The Morgan fingerprint density at radius 2 is 1.96 bits per heavy atom. The van der Waals surface area contributed by atoms with Gasteiger partial charge in [-0.15, -0.1) is 17.9 Å². The van der Waals surface area contributed by atoms with E-state index in [1.807, 2.05) is 70.9 Å². The number of hydrogen-bond donors (Lipinski definition) is 0. The van der Waals surface area contributed by atoms with Gasteiger partial charge in [-0.25, -0.2) is 4.68 Å². The zero-order valence-corrected chi connectivity index (χ0v) is 16.8. The van der Waals surface area contributed by atoms with E-state index in [0.717, 1.165) is 37.3 Å². The summed E-state index contributed by atoms with van der Waals surface area (Å²) in [4.78, 5) is 5.34. The largest absolute Gasteiger partial charge is 0.454 e. The Hall–Kier alpha value is -2.70. The fraction of sp³-hybridized carbons (Fsp3) is 0.0476. The normalized spacial score (nSPS) is 12.3. The predicted molar refractivity (Wildman–Crippen MR) is 115 cm³/mol. The molecule has 0 aliphatic heterocycles. The number of halogens is 1. The number of rotatable bonds is 5. The summed E-state index contributed by atoms with van der Waals surface area (Å²) in [6.07, 6.45) is 3.58. The molecule has 27 heavy (non-hydrogen) atoms. The lowest BCUT2D eigenvalue weighted by molar-refractivity contribution is 0.621. The molecular formula is C21H16BrN3OS. The first-order valence-electron chi connectivity index (χ1n) is 8.36. The maximum absolute atomic E-state index is 6.03. The second-order valence-corrected chi connectivity index (χ2v) is 7.45. The van der Waals surface area contributed by atoms with E-state index in [1.54, 1.807) is 6.08 Å². The summed E-state index contributed by atoms with van der Waals surface area (Å²) in [5.41, 5.74) is 2.70. The molecule has 0 fully saturated rings. The first-order chi connectivity index (χ1) is 13.3. The van der Waals surface area contributed by atoms with E-state index in [2.05, 4.69) is 32.6 Å². The number of hydrogen-bond acceptors (Lipinski definition) is 4. The molecule has 0 atom stereocenters. The van der Waals surface area contributed by atoms with Crippen LogP contribution in [0.4, 0.5) is 0 Å². The lowest BCUT2D eigenvalue weighted by Crippen LogP contribution is -2.12. The number of thiazole rings is 1. The molecule has 0 radical (unpaired) electrons. The highest BCUT2D eigenvalue weighted by molar-refractivity contribution is 9.10. The quantitative estimate of drug-likeness (QED) is 0.291. The summed E-state index contributed by atoms with van der Waals surface area (Å²) < 4.78 is 8.83. The molecule has 2 aromatic carbocycles. The van der Waals surface area contributed by atoms with Crippen molar-refractivity contribution in [2.24, 2.45) is 10.1 Å². The maximum atomic E-state index is 6.03. The SMILES string of the molecule is C=CCN=c1scc(-c2cc3ccccc3o2)n1N=Cc1ccccc1Br. The van der Waals surface area contributed by atoms with Gasteiger partial charge in [-0.05, 0) is 18.2 Å². The predicted octanol–water partition coefficient (Wildman–Crippen LogP) is 5.69. The molecule has 0 amide bonds. The average molecular weight is 438 g/mol. The summed E-state index contributed by atoms with van der Waals surface area (Å²) in [5, 5.41) is 7.75. The molecule has 2 heterocycles. The number of furan rings is 1. The van der Waals surface area contributed by atoms with E-state index < -0.39 is 0 Å². The van der Waals surface area contributed by atoms with Crippen LogP contribution in [-0.2, 0) is 0 Å². The summed E-state index contributed by atoms with van der Waals surface area (Å²) in [6.45, 7) is 4.28. The van der Waals surface area contributed by atoms with E-state index in [4.69, 9.17) is 4.42 Å². The minimum absolute atomic E-state index is 0.532. The molecule has 0 unspecified atom stereocenters. The van der Waals surface area contributed by atoms with Crippen LogP contribution >= 0.6 is 27.3 Å². The first-order valence-corrected chi connectivity index (χ1v) is 10.0. The Morgan fingerprint density at radius 3 is 2.78 bits per heavy atom. The van der Waals surface area contributed by atoms with Crippen molar-refractivity contribution in [3.05, 3.63) is 87.5 Å². The van der Waals surface area contributed by atoms with E-state index in [-0.39, 0.29) is 0 Å². The molecule has 4 nitrogen and oxygen atoms in total.